The van der Waals surface area contributed by atoms with Crippen LogP contribution in [0.15, 0.2) is 30.5 Å². The number of aryl methyl sites for hydroxylation is 1. The molecular weight excluding hydrogens is 222 g/mol. The van der Waals surface area contributed by atoms with E-state index in [1.165, 1.54) is 16.5 Å². The molecule has 0 saturated heterocycles. The van der Waals surface area contributed by atoms with Crippen molar-refractivity contribution >= 4 is 10.9 Å². The molecule has 1 aromatic carbocycles. The summed E-state index contributed by atoms with van der Waals surface area (Å²) in [7, 11) is 4.05. The number of hydrogen-bond donors (Lipinski definition) is 0. The van der Waals surface area contributed by atoms with Gasteiger partial charge in [-0.25, -0.2) is 0 Å². The van der Waals surface area contributed by atoms with Crippen molar-refractivity contribution in [1.82, 2.24) is 9.47 Å². The van der Waals surface area contributed by atoms with E-state index in [-0.39, 0.29) is 0 Å². The zero-order valence-electron chi connectivity index (χ0n) is 11.4. The van der Waals surface area contributed by atoms with E-state index in [2.05, 4.69) is 53.0 Å². The van der Waals surface area contributed by atoms with Crippen LogP contribution in [0, 0.1) is 11.3 Å². The van der Waals surface area contributed by atoms with Crippen LogP contribution in [0.1, 0.15) is 19.4 Å². The lowest BCUT2D eigenvalue weighted by atomic mass is 10.0. The lowest BCUT2D eigenvalue weighted by Crippen LogP contribution is -2.38. The predicted octanol–water partition coefficient (Wildman–Crippen LogP) is 2.91. The molecule has 0 amide bonds. The first-order chi connectivity index (χ1) is 8.45. The van der Waals surface area contributed by atoms with Gasteiger partial charge in [-0.3, -0.25) is 4.90 Å². The van der Waals surface area contributed by atoms with E-state index in [4.69, 9.17) is 5.26 Å². The third-order valence-corrected chi connectivity index (χ3v) is 3.61. The van der Waals surface area contributed by atoms with Gasteiger partial charge in [-0.2, -0.15) is 5.26 Å². The SMILES string of the molecule is CN(Cc1cn(C)c2ccccc12)C(C)(C)C#N. The summed E-state index contributed by atoms with van der Waals surface area (Å²) in [5.74, 6) is 0. The van der Waals surface area contributed by atoms with E-state index in [0.29, 0.717) is 0 Å². The molecular formula is C15H19N3. The average Bonchev–Trinajstić information content (AvgIpc) is 2.67. The number of aromatic nitrogens is 1. The molecule has 3 heteroatoms. The molecule has 1 heterocycles. The van der Waals surface area contributed by atoms with Crippen molar-refractivity contribution in [3.05, 3.63) is 36.0 Å². The molecule has 0 spiro atoms. The Morgan fingerprint density at radius 3 is 2.67 bits per heavy atom. The van der Waals surface area contributed by atoms with Crippen molar-refractivity contribution < 1.29 is 0 Å². The first-order valence-corrected chi connectivity index (χ1v) is 6.11. The van der Waals surface area contributed by atoms with Gasteiger partial charge < -0.3 is 4.57 Å². The minimum Gasteiger partial charge on any atom is -0.350 e. The van der Waals surface area contributed by atoms with Crippen LogP contribution in [0.2, 0.25) is 0 Å². The molecule has 0 radical (unpaired) electrons. The molecule has 0 N–H and O–H groups in total. The summed E-state index contributed by atoms with van der Waals surface area (Å²) in [6.07, 6.45) is 2.15. The van der Waals surface area contributed by atoms with E-state index in [0.717, 1.165) is 6.54 Å². The van der Waals surface area contributed by atoms with E-state index in [1.807, 2.05) is 20.9 Å². The van der Waals surface area contributed by atoms with Crippen LogP contribution in [-0.2, 0) is 13.6 Å². The first-order valence-electron chi connectivity index (χ1n) is 6.11. The molecule has 0 unspecified atom stereocenters. The van der Waals surface area contributed by atoms with Gasteiger partial charge in [0.15, 0.2) is 0 Å². The van der Waals surface area contributed by atoms with Crippen molar-refractivity contribution in [3.63, 3.8) is 0 Å². The molecule has 2 aromatic rings. The Morgan fingerprint density at radius 1 is 1.33 bits per heavy atom. The van der Waals surface area contributed by atoms with Gasteiger partial charge in [0, 0.05) is 30.7 Å². The minimum atomic E-state index is -0.447. The molecule has 0 aliphatic rings. The van der Waals surface area contributed by atoms with Crippen LogP contribution < -0.4 is 0 Å². The lowest BCUT2D eigenvalue weighted by Gasteiger charge is -2.28. The summed E-state index contributed by atoms with van der Waals surface area (Å²) >= 11 is 0. The largest absolute Gasteiger partial charge is 0.350 e. The lowest BCUT2D eigenvalue weighted by molar-refractivity contribution is 0.203. The van der Waals surface area contributed by atoms with Crippen LogP contribution in [0.5, 0.6) is 0 Å². The van der Waals surface area contributed by atoms with E-state index < -0.39 is 5.54 Å². The van der Waals surface area contributed by atoms with Gasteiger partial charge >= 0.3 is 0 Å². The van der Waals surface area contributed by atoms with Crippen LogP contribution in [-0.4, -0.2) is 22.1 Å². The third-order valence-electron chi connectivity index (χ3n) is 3.61. The zero-order valence-corrected chi connectivity index (χ0v) is 11.4. The standard InChI is InChI=1S/C15H19N3/c1-15(2,11-16)18(4)10-12-9-17(3)14-8-6-5-7-13(12)14/h5-9H,10H2,1-4H3. The first kappa shape index (κ1) is 12.7. The topological polar surface area (TPSA) is 32.0 Å². The normalized spacial score (nSPS) is 12.0. The van der Waals surface area contributed by atoms with Crippen molar-refractivity contribution in [2.24, 2.45) is 7.05 Å². The van der Waals surface area contributed by atoms with Gasteiger partial charge in [0.2, 0.25) is 0 Å². The van der Waals surface area contributed by atoms with Gasteiger partial charge in [-0.1, -0.05) is 18.2 Å². The number of rotatable bonds is 3. The van der Waals surface area contributed by atoms with Crippen molar-refractivity contribution in [2.75, 3.05) is 7.05 Å². The minimum absolute atomic E-state index is 0.447. The maximum atomic E-state index is 9.16. The molecule has 2 rings (SSSR count). The second-order valence-corrected chi connectivity index (χ2v) is 5.31. The number of nitriles is 1. The summed E-state index contributed by atoms with van der Waals surface area (Å²) in [5, 5.41) is 10.4. The Labute approximate surface area is 108 Å². The maximum absolute atomic E-state index is 9.16. The van der Waals surface area contributed by atoms with Crippen molar-refractivity contribution in [2.45, 2.75) is 25.9 Å². The maximum Gasteiger partial charge on any atom is 0.103 e. The smallest absolute Gasteiger partial charge is 0.103 e. The molecule has 0 bridgehead atoms. The molecule has 0 saturated carbocycles. The predicted molar refractivity (Wildman–Crippen MR) is 74.1 cm³/mol. The highest BCUT2D eigenvalue weighted by Crippen LogP contribution is 2.23. The Kier molecular flexibility index (Phi) is 3.14. The van der Waals surface area contributed by atoms with E-state index in [9.17, 15) is 0 Å². The molecule has 0 atom stereocenters. The number of nitrogens with zero attached hydrogens (tertiary/aromatic N) is 3. The van der Waals surface area contributed by atoms with Gasteiger partial charge in [0.25, 0.3) is 0 Å². The van der Waals surface area contributed by atoms with E-state index >= 15 is 0 Å². The fraction of sp³-hybridized carbons (Fsp3) is 0.400. The summed E-state index contributed by atoms with van der Waals surface area (Å²) in [5.41, 5.74) is 2.05. The summed E-state index contributed by atoms with van der Waals surface area (Å²) < 4.78 is 2.14. The molecule has 0 fully saturated rings. The Balaban J connectivity index is 2.36. The third kappa shape index (κ3) is 2.12. The Morgan fingerprint density at radius 2 is 2.00 bits per heavy atom. The highest BCUT2D eigenvalue weighted by atomic mass is 15.2. The monoisotopic (exact) mass is 241 g/mol. The van der Waals surface area contributed by atoms with Gasteiger partial charge in [-0.15, -0.1) is 0 Å². The highest BCUT2D eigenvalue weighted by Gasteiger charge is 2.23. The highest BCUT2D eigenvalue weighted by molar-refractivity contribution is 5.83. The van der Waals surface area contributed by atoms with Gasteiger partial charge in [-0.05, 0) is 32.5 Å². The Bertz CT molecular complexity index is 602. The second-order valence-electron chi connectivity index (χ2n) is 5.31. The van der Waals surface area contributed by atoms with Crippen LogP contribution in [0.25, 0.3) is 10.9 Å². The van der Waals surface area contributed by atoms with Crippen molar-refractivity contribution in [1.29, 1.82) is 5.26 Å². The fourth-order valence-corrected chi connectivity index (χ4v) is 2.09. The van der Waals surface area contributed by atoms with Gasteiger partial charge in [0.05, 0.1) is 6.07 Å². The summed E-state index contributed by atoms with van der Waals surface area (Å²) in [6.45, 7) is 4.66. The van der Waals surface area contributed by atoms with Crippen LogP contribution in [0.4, 0.5) is 0 Å². The molecule has 0 aliphatic heterocycles. The second kappa shape index (κ2) is 4.47. The molecule has 18 heavy (non-hydrogen) atoms. The molecule has 3 nitrogen and oxygen atoms in total. The summed E-state index contributed by atoms with van der Waals surface area (Å²) in [4.78, 5) is 2.08. The van der Waals surface area contributed by atoms with Crippen molar-refractivity contribution in [3.8, 4) is 6.07 Å². The number of hydrogen-bond acceptors (Lipinski definition) is 2. The number of benzene rings is 1. The van der Waals surface area contributed by atoms with Gasteiger partial charge in [0.1, 0.15) is 5.54 Å². The molecule has 0 aliphatic carbocycles. The average molecular weight is 241 g/mol. The summed E-state index contributed by atoms with van der Waals surface area (Å²) in [6, 6.07) is 10.7. The fourth-order valence-electron chi connectivity index (χ4n) is 2.09. The van der Waals surface area contributed by atoms with E-state index in [1.54, 1.807) is 0 Å². The molecule has 94 valence electrons. The zero-order chi connectivity index (χ0) is 13.3. The quantitative estimate of drug-likeness (QED) is 0.827. The van der Waals surface area contributed by atoms with Crippen LogP contribution >= 0.6 is 0 Å². The Hall–Kier alpha value is -1.79. The number of para-hydroxylation sites is 1. The molecule has 1 aromatic heterocycles. The van der Waals surface area contributed by atoms with Crippen LogP contribution in [0.3, 0.4) is 0 Å². The number of fused-ring (bicyclic) bond motifs is 1.